The molecule has 0 saturated carbocycles. The molecule has 1 saturated heterocycles. The van der Waals surface area contributed by atoms with Crippen molar-refractivity contribution in [3.05, 3.63) is 54.4 Å². The van der Waals surface area contributed by atoms with Crippen LogP contribution >= 0.6 is 0 Å². The van der Waals surface area contributed by atoms with E-state index >= 15 is 0 Å². The maximum Gasteiger partial charge on any atom is 0.417 e. The van der Waals surface area contributed by atoms with E-state index in [0.717, 1.165) is 5.69 Å². The second kappa shape index (κ2) is 6.36. The Labute approximate surface area is 134 Å². The second-order valence-corrected chi connectivity index (χ2v) is 5.62. The summed E-state index contributed by atoms with van der Waals surface area (Å²) in [5, 5.41) is 2.63. The highest BCUT2D eigenvalue weighted by Gasteiger charge is 2.34. The van der Waals surface area contributed by atoms with Gasteiger partial charge in [-0.1, -0.05) is 18.2 Å². The topological polar surface area (TPSA) is 69.7 Å². The lowest BCUT2D eigenvalue weighted by atomic mass is 10.2. The van der Waals surface area contributed by atoms with Crippen LogP contribution in [-0.2, 0) is 9.47 Å². The maximum atomic E-state index is 11.8. The fourth-order valence-electron chi connectivity index (χ4n) is 2.24. The summed E-state index contributed by atoms with van der Waals surface area (Å²) < 4.78 is 16.4. The number of aromatic nitrogens is 1. The summed E-state index contributed by atoms with van der Waals surface area (Å²) in [5.74, 6) is -0.115. The zero-order chi connectivity index (χ0) is 16.3. The summed E-state index contributed by atoms with van der Waals surface area (Å²) in [7, 11) is 0. The van der Waals surface area contributed by atoms with Gasteiger partial charge in [-0.05, 0) is 38.1 Å². The quantitative estimate of drug-likeness (QED) is 0.938. The highest BCUT2D eigenvalue weighted by molar-refractivity contribution is 5.85. The van der Waals surface area contributed by atoms with E-state index in [2.05, 4.69) is 10.3 Å². The van der Waals surface area contributed by atoms with E-state index in [1.807, 2.05) is 19.9 Å². The van der Waals surface area contributed by atoms with Gasteiger partial charge in [0.2, 0.25) is 0 Å². The molecule has 0 radical (unpaired) electrons. The highest BCUT2D eigenvalue weighted by atomic mass is 16.7. The van der Waals surface area contributed by atoms with Crippen LogP contribution in [0.2, 0.25) is 0 Å². The molecule has 2 heterocycles. The first-order chi connectivity index (χ1) is 11.0. The molecular formula is C17H18N2O4. The maximum absolute atomic E-state index is 11.8. The first-order valence-corrected chi connectivity index (χ1v) is 7.33. The molecule has 0 bridgehead atoms. The fraction of sp³-hybridized carbons (Fsp3) is 0.294. The van der Waals surface area contributed by atoms with E-state index in [0.29, 0.717) is 18.0 Å². The van der Waals surface area contributed by atoms with Crippen molar-refractivity contribution in [2.24, 2.45) is 0 Å². The van der Waals surface area contributed by atoms with Crippen molar-refractivity contribution in [3.63, 3.8) is 0 Å². The van der Waals surface area contributed by atoms with Gasteiger partial charge in [-0.15, -0.1) is 0 Å². The number of carbonyl (C=O) groups excluding carboxylic acids is 1. The molecule has 0 aliphatic carbocycles. The Kier molecular flexibility index (Phi) is 4.27. The van der Waals surface area contributed by atoms with Crippen LogP contribution in [0.1, 0.15) is 25.6 Å². The molecule has 23 heavy (non-hydrogen) atoms. The van der Waals surface area contributed by atoms with Gasteiger partial charge >= 0.3 is 6.09 Å². The number of amides is 1. The summed E-state index contributed by atoms with van der Waals surface area (Å²) in [6, 6.07) is 12.4. The normalized spacial score (nSPS) is 19.3. The Morgan fingerprint density at radius 2 is 2.04 bits per heavy atom. The lowest BCUT2D eigenvalue weighted by Gasteiger charge is -2.16. The molecule has 6 heteroatoms. The first kappa shape index (κ1) is 15.5. The van der Waals surface area contributed by atoms with Gasteiger partial charge in [0.05, 0.1) is 24.2 Å². The molecule has 1 atom stereocenters. The van der Waals surface area contributed by atoms with Crippen molar-refractivity contribution in [2.75, 3.05) is 11.9 Å². The minimum absolute atomic E-state index is 0.199. The minimum Gasteiger partial charge on any atom is -0.410 e. The Bertz CT molecular complexity index is 671. The summed E-state index contributed by atoms with van der Waals surface area (Å²) in [5.41, 5.74) is 1.31. The standard InChI is InChI=1S/C17H18N2O4/c1-17(2)21-11-15(23-17)14-9-8-12(10-18-14)19-16(20)22-13-6-4-3-5-7-13/h3-10,15H,11H2,1-2H3,(H,19,20)/t15-/m0/s1. The van der Waals surface area contributed by atoms with E-state index < -0.39 is 11.9 Å². The van der Waals surface area contributed by atoms with Crippen LogP contribution in [0.25, 0.3) is 0 Å². The Hall–Kier alpha value is -2.44. The lowest BCUT2D eigenvalue weighted by molar-refractivity contribution is -0.139. The third-order valence-electron chi connectivity index (χ3n) is 3.32. The molecule has 120 valence electrons. The number of nitrogens with zero attached hydrogens (tertiary/aromatic N) is 1. The van der Waals surface area contributed by atoms with Crippen molar-refractivity contribution in [1.29, 1.82) is 0 Å². The van der Waals surface area contributed by atoms with Gasteiger partial charge in [0.1, 0.15) is 11.9 Å². The molecule has 0 spiro atoms. The molecule has 1 aromatic carbocycles. The number of hydrogen-bond donors (Lipinski definition) is 1. The predicted molar refractivity (Wildman–Crippen MR) is 84.2 cm³/mol. The predicted octanol–water partition coefficient (Wildman–Crippen LogP) is 3.52. The molecule has 1 amide bonds. The average molecular weight is 314 g/mol. The van der Waals surface area contributed by atoms with E-state index in [-0.39, 0.29) is 6.10 Å². The van der Waals surface area contributed by atoms with E-state index in [1.54, 1.807) is 42.6 Å². The highest BCUT2D eigenvalue weighted by Crippen LogP contribution is 2.31. The number of benzene rings is 1. The molecular weight excluding hydrogens is 296 g/mol. The molecule has 1 fully saturated rings. The number of nitrogens with one attached hydrogen (secondary N) is 1. The zero-order valence-corrected chi connectivity index (χ0v) is 13.0. The fourth-order valence-corrected chi connectivity index (χ4v) is 2.24. The van der Waals surface area contributed by atoms with Gasteiger partial charge in [0, 0.05) is 0 Å². The summed E-state index contributed by atoms with van der Waals surface area (Å²) >= 11 is 0. The van der Waals surface area contributed by atoms with Crippen LogP contribution < -0.4 is 10.1 Å². The van der Waals surface area contributed by atoms with Gasteiger partial charge in [0.25, 0.3) is 0 Å². The number of anilines is 1. The van der Waals surface area contributed by atoms with E-state index in [9.17, 15) is 4.79 Å². The minimum atomic E-state index is -0.594. The zero-order valence-electron chi connectivity index (χ0n) is 13.0. The van der Waals surface area contributed by atoms with Crippen LogP contribution in [0.4, 0.5) is 10.5 Å². The first-order valence-electron chi connectivity index (χ1n) is 7.33. The summed E-state index contributed by atoms with van der Waals surface area (Å²) in [6.07, 6.45) is 0.804. The molecule has 1 N–H and O–H groups in total. The van der Waals surface area contributed by atoms with E-state index in [1.165, 1.54) is 0 Å². The number of ether oxygens (including phenoxy) is 3. The molecule has 1 aliphatic rings. The van der Waals surface area contributed by atoms with Gasteiger partial charge in [0.15, 0.2) is 5.79 Å². The van der Waals surface area contributed by atoms with Gasteiger partial charge in [-0.2, -0.15) is 0 Å². The number of carbonyl (C=O) groups is 1. The van der Waals surface area contributed by atoms with Crippen LogP contribution in [0.3, 0.4) is 0 Å². The number of hydrogen-bond acceptors (Lipinski definition) is 5. The number of pyridine rings is 1. The Morgan fingerprint density at radius 3 is 2.65 bits per heavy atom. The van der Waals surface area contributed by atoms with Crippen LogP contribution in [0.15, 0.2) is 48.7 Å². The third kappa shape index (κ3) is 4.06. The monoisotopic (exact) mass is 314 g/mol. The molecule has 2 aromatic rings. The largest absolute Gasteiger partial charge is 0.417 e. The molecule has 1 aromatic heterocycles. The lowest BCUT2D eigenvalue weighted by Crippen LogP contribution is -2.20. The van der Waals surface area contributed by atoms with Gasteiger partial charge in [-0.25, -0.2) is 4.79 Å². The third-order valence-corrected chi connectivity index (χ3v) is 3.32. The van der Waals surface area contributed by atoms with Crippen LogP contribution in [0.5, 0.6) is 5.75 Å². The number of para-hydroxylation sites is 1. The number of rotatable bonds is 3. The Balaban J connectivity index is 1.58. The van der Waals surface area contributed by atoms with Crippen molar-refractivity contribution >= 4 is 11.8 Å². The Morgan fingerprint density at radius 1 is 1.26 bits per heavy atom. The molecule has 3 rings (SSSR count). The molecule has 6 nitrogen and oxygen atoms in total. The smallest absolute Gasteiger partial charge is 0.410 e. The summed E-state index contributed by atoms with van der Waals surface area (Å²) in [4.78, 5) is 16.1. The van der Waals surface area contributed by atoms with Gasteiger partial charge in [-0.3, -0.25) is 10.3 Å². The summed E-state index contributed by atoms with van der Waals surface area (Å²) in [6.45, 7) is 4.19. The van der Waals surface area contributed by atoms with Crippen molar-refractivity contribution in [2.45, 2.75) is 25.7 Å². The van der Waals surface area contributed by atoms with Crippen LogP contribution in [0, 0.1) is 0 Å². The van der Waals surface area contributed by atoms with E-state index in [4.69, 9.17) is 14.2 Å². The van der Waals surface area contributed by atoms with Crippen molar-refractivity contribution in [1.82, 2.24) is 4.98 Å². The van der Waals surface area contributed by atoms with Gasteiger partial charge < -0.3 is 14.2 Å². The molecule has 1 aliphatic heterocycles. The average Bonchev–Trinajstić information content (AvgIpc) is 2.89. The van der Waals surface area contributed by atoms with Crippen molar-refractivity contribution in [3.8, 4) is 5.75 Å². The van der Waals surface area contributed by atoms with Crippen LogP contribution in [-0.4, -0.2) is 23.5 Å². The SMILES string of the molecule is CC1(C)OC[C@@H](c2ccc(NC(=O)Oc3ccccc3)cn2)O1. The second-order valence-electron chi connectivity index (χ2n) is 5.62. The molecule has 0 unspecified atom stereocenters. The van der Waals surface area contributed by atoms with Crippen molar-refractivity contribution < 1.29 is 19.0 Å².